The molecule has 21 heavy (non-hydrogen) atoms. The molecule has 0 spiro atoms. The van der Waals surface area contributed by atoms with Crippen molar-refractivity contribution >= 4 is 24.1 Å². The summed E-state index contributed by atoms with van der Waals surface area (Å²) in [6.07, 6.45) is 3.44. The van der Waals surface area contributed by atoms with Crippen molar-refractivity contribution in [2.75, 3.05) is 0 Å². The van der Waals surface area contributed by atoms with Gasteiger partial charge in [0.1, 0.15) is 0 Å². The molecule has 5 nitrogen and oxygen atoms in total. The number of aromatic carboxylic acids is 2. The fourth-order valence-corrected chi connectivity index (χ4v) is 1.97. The highest BCUT2D eigenvalue weighted by molar-refractivity contribution is 6.02. The van der Waals surface area contributed by atoms with Crippen LogP contribution in [0.15, 0.2) is 36.4 Å². The van der Waals surface area contributed by atoms with Crippen LogP contribution in [0.3, 0.4) is 0 Å². The molecule has 0 aliphatic heterocycles. The molecule has 1 aromatic heterocycles. The van der Waals surface area contributed by atoms with E-state index in [0.29, 0.717) is 5.69 Å². The fraction of sp³-hybridized carbons (Fsp3) is 0.0625. The van der Waals surface area contributed by atoms with Gasteiger partial charge in [-0.2, -0.15) is 0 Å². The highest BCUT2D eigenvalue weighted by Crippen LogP contribution is 2.16. The summed E-state index contributed by atoms with van der Waals surface area (Å²) in [6, 6.07) is 10.7. The zero-order valence-electron chi connectivity index (χ0n) is 11.3. The van der Waals surface area contributed by atoms with Gasteiger partial charge >= 0.3 is 11.9 Å². The molecule has 1 heterocycles. The second kappa shape index (κ2) is 6.00. The quantitative estimate of drug-likeness (QED) is 0.900. The van der Waals surface area contributed by atoms with Gasteiger partial charge in [-0.1, -0.05) is 36.4 Å². The van der Waals surface area contributed by atoms with E-state index in [-0.39, 0.29) is 16.8 Å². The third kappa shape index (κ3) is 3.33. The van der Waals surface area contributed by atoms with E-state index >= 15 is 0 Å². The summed E-state index contributed by atoms with van der Waals surface area (Å²) >= 11 is 0. The molecule has 2 rings (SSSR count). The zero-order valence-corrected chi connectivity index (χ0v) is 11.3. The molecule has 0 amide bonds. The third-order valence-corrected chi connectivity index (χ3v) is 2.91. The zero-order chi connectivity index (χ0) is 15.4. The first-order valence-electron chi connectivity index (χ1n) is 6.20. The number of pyridine rings is 1. The van der Waals surface area contributed by atoms with Crippen molar-refractivity contribution < 1.29 is 19.8 Å². The Morgan fingerprint density at radius 2 is 1.71 bits per heavy atom. The predicted molar refractivity (Wildman–Crippen MR) is 78.3 cm³/mol. The van der Waals surface area contributed by atoms with Gasteiger partial charge in [-0.05, 0) is 24.6 Å². The van der Waals surface area contributed by atoms with Gasteiger partial charge in [-0.25, -0.2) is 9.59 Å². The van der Waals surface area contributed by atoms with E-state index in [2.05, 4.69) is 4.98 Å². The molecule has 0 aliphatic rings. The van der Waals surface area contributed by atoms with E-state index in [9.17, 15) is 9.59 Å². The number of aryl methyl sites for hydroxylation is 1. The van der Waals surface area contributed by atoms with Crippen molar-refractivity contribution in [1.82, 2.24) is 4.98 Å². The number of carboxylic acids is 2. The van der Waals surface area contributed by atoms with Crippen molar-refractivity contribution in [1.29, 1.82) is 0 Å². The lowest BCUT2D eigenvalue weighted by molar-refractivity contribution is 0.0650. The van der Waals surface area contributed by atoms with E-state index in [4.69, 9.17) is 10.2 Å². The average Bonchev–Trinajstić information content (AvgIpc) is 2.45. The van der Waals surface area contributed by atoms with Crippen LogP contribution in [0, 0.1) is 6.92 Å². The van der Waals surface area contributed by atoms with Crippen molar-refractivity contribution in [3.63, 3.8) is 0 Å². The topological polar surface area (TPSA) is 87.5 Å². The Morgan fingerprint density at radius 3 is 2.29 bits per heavy atom. The maximum atomic E-state index is 11.2. The minimum atomic E-state index is -1.30. The van der Waals surface area contributed by atoms with Gasteiger partial charge in [0.25, 0.3) is 0 Å². The lowest BCUT2D eigenvalue weighted by Gasteiger charge is -2.06. The molecule has 0 radical (unpaired) electrons. The van der Waals surface area contributed by atoms with E-state index in [0.717, 1.165) is 5.56 Å². The number of hydrogen-bond acceptors (Lipinski definition) is 3. The number of nitrogens with zero attached hydrogens (tertiary/aromatic N) is 1. The predicted octanol–water partition coefficient (Wildman–Crippen LogP) is 2.96. The first kappa shape index (κ1) is 14.5. The van der Waals surface area contributed by atoms with Crippen LogP contribution in [0.4, 0.5) is 0 Å². The summed E-state index contributed by atoms with van der Waals surface area (Å²) in [5, 5.41) is 18.2. The smallest absolute Gasteiger partial charge is 0.338 e. The first-order chi connectivity index (χ1) is 9.99. The second-order valence-electron chi connectivity index (χ2n) is 4.41. The lowest BCUT2D eigenvalue weighted by atomic mass is 10.0. The summed E-state index contributed by atoms with van der Waals surface area (Å²) in [6.45, 7) is 1.48. The molecule has 0 bridgehead atoms. The van der Waals surface area contributed by atoms with E-state index in [1.165, 1.54) is 13.0 Å². The monoisotopic (exact) mass is 283 g/mol. The number of rotatable bonds is 4. The molecule has 0 aliphatic carbocycles. The number of hydrogen-bond donors (Lipinski definition) is 2. The largest absolute Gasteiger partial charge is 0.478 e. The number of aromatic nitrogens is 1. The highest BCUT2D eigenvalue weighted by atomic mass is 16.4. The van der Waals surface area contributed by atoms with Crippen molar-refractivity contribution in [2.24, 2.45) is 0 Å². The summed E-state index contributed by atoms with van der Waals surface area (Å²) in [4.78, 5) is 26.4. The molecule has 0 unspecified atom stereocenters. The summed E-state index contributed by atoms with van der Waals surface area (Å²) in [5.74, 6) is -2.58. The summed E-state index contributed by atoms with van der Waals surface area (Å²) in [5.41, 5.74) is 0.979. The highest BCUT2D eigenvalue weighted by Gasteiger charge is 2.20. The lowest BCUT2D eigenvalue weighted by Crippen LogP contribution is -2.12. The normalized spacial score (nSPS) is 10.7. The van der Waals surface area contributed by atoms with Crippen LogP contribution < -0.4 is 0 Å². The minimum absolute atomic E-state index is 0.176. The molecule has 1 aromatic carbocycles. The SMILES string of the molecule is Cc1nc(/C=C/c2ccccc2)cc(C(=O)O)c1C(=O)O. The standard InChI is InChI=1S/C16H13NO4/c1-10-14(16(20)21)13(15(18)19)9-12(17-10)8-7-11-5-3-2-4-6-11/h2-9H,1H3,(H,18,19)(H,20,21)/b8-7+. The average molecular weight is 283 g/mol. The third-order valence-electron chi connectivity index (χ3n) is 2.91. The van der Waals surface area contributed by atoms with Crippen LogP contribution in [-0.2, 0) is 0 Å². The Labute approximate surface area is 121 Å². The van der Waals surface area contributed by atoms with Gasteiger partial charge in [0.05, 0.1) is 22.5 Å². The van der Waals surface area contributed by atoms with Gasteiger partial charge < -0.3 is 10.2 Å². The fourth-order valence-electron chi connectivity index (χ4n) is 1.97. The minimum Gasteiger partial charge on any atom is -0.478 e. The van der Waals surface area contributed by atoms with Crippen LogP contribution in [0.5, 0.6) is 0 Å². The first-order valence-corrected chi connectivity index (χ1v) is 6.20. The summed E-state index contributed by atoms with van der Waals surface area (Å²) in [7, 11) is 0. The number of benzene rings is 1. The molecule has 106 valence electrons. The maximum absolute atomic E-state index is 11.2. The van der Waals surface area contributed by atoms with E-state index in [1.807, 2.05) is 30.3 Å². The van der Waals surface area contributed by atoms with Gasteiger partial charge in [0, 0.05) is 0 Å². The number of carboxylic acid groups (broad SMARTS) is 2. The Kier molecular flexibility index (Phi) is 4.13. The molecule has 5 heteroatoms. The summed E-state index contributed by atoms with van der Waals surface area (Å²) < 4.78 is 0. The maximum Gasteiger partial charge on any atom is 0.338 e. The Morgan fingerprint density at radius 1 is 1.05 bits per heavy atom. The van der Waals surface area contributed by atoms with Crippen molar-refractivity contribution in [3.8, 4) is 0 Å². The van der Waals surface area contributed by atoms with Crippen LogP contribution >= 0.6 is 0 Å². The Balaban J connectivity index is 2.45. The van der Waals surface area contributed by atoms with Crippen LogP contribution in [0.1, 0.15) is 37.7 Å². The Bertz CT molecular complexity index is 721. The van der Waals surface area contributed by atoms with Crippen LogP contribution in [0.25, 0.3) is 12.2 Å². The van der Waals surface area contributed by atoms with Crippen LogP contribution in [-0.4, -0.2) is 27.1 Å². The molecule has 0 saturated heterocycles. The van der Waals surface area contributed by atoms with Gasteiger partial charge in [0.15, 0.2) is 0 Å². The molecule has 0 fully saturated rings. The molecule has 2 N–H and O–H groups in total. The number of carbonyl (C=O) groups is 2. The van der Waals surface area contributed by atoms with Gasteiger partial charge in [0.2, 0.25) is 0 Å². The van der Waals surface area contributed by atoms with Crippen molar-refractivity contribution in [3.05, 3.63) is 64.5 Å². The van der Waals surface area contributed by atoms with E-state index in [1.54, 1.807) is 12.2 Å². The van der Waals surface area contributed by atoms with Gasteiger partial charge in [-0.15, -0.1) is 0 Å². The molecular formula is C16H13NO4. The molecule has 0 atom stereocenters. The molecule has 2 aromatic rings. The van der Waals surface area contributed by atoms with Gasteiger partial charge in [-0.3, -0.25) is 4.98 Å². The second-order valence-corrected chi connectivity index (χ2v) is 4.41. The Hall–Kier alpha value is -2.95. The van der Waals surface area contributed by atoms with E-state index < -0.39 is 11.9 Å². The molecule has 0 saturated carbocycles. The molecular weight excluding hydrogens is 270 g/mol. The van der Waals surface area contributed by atoms with Crippen LogP contribution in [0.2, 0.25) is 0 Å². The van der Waals surface area contributed by atoms with Crippen molar-refractivity contribution in [2.45, 2.75) is 6.92 Å².